The maximum atomic E-state index is 6.63. The highest BCUT2D eigenvalue weighted by molar-refractivity contribution is 9.11. The third-order valence-electron chi connectivity index (χ3n) is 2.91. The Morgan fingerprint density at radius 3 is 2.21 bits per heavy atom. The van der Waals surface area contributed by atoms with Gasteiger partial charge in [0.15, 0.2) is 0 Å². The second-order valence-corrected chi connectivity index (χ2v) is 7.61. The lowest BCUT2D eigenvalue weighted by Crippen LogP contribution is -1.96. The molecular weight excluding hydrogens is 455 g/mol. The molecular formula is C15H12Br3Cl. The van der Waals surface area contributed by atoms with Gasteiger partial charge in [-0.2, -0.15) is 0 Å². The van der Waals surface area contributed by atoms with Crippen molar-refractivity contribution in [1.82, 2.24) is 0 Å². The highest BCUT2D eigenvalue weighted by atomic mass is 79.9. The van der Waals surface area contributed by atoms with Crippen molar-refractivity contribution >= 4 is 59.4 Å². The fraction of sp³-hybridized carbons (Fsp3) is 0.200. The second kappa shape index (κ2) is 6.30. The normalized spacial score (nSPS) is 12.5. The Kier molecular flexibility index (Phi) is 5.15. The Balaban J connectivity index is 2.49. The number of alkyl halides is 1. The minimum absolute atomic E-state index is 0.178. The van der Waals surface area contributed by atoms with Gasteiger partial charge >= 0.3 is 0 Å². The number of hydrogen-bond donors (Lipinski definition) is 0. The molecule has 0 heterocycles. The van der Waals surface area contributed by atoms with Crippen molar-refractivity contribution in [3.8, 4) is 0 Å². The molecule has 0 aliphatic heterocycles. The van der Waals surface area contributed by atoms with Crippen molar-refractivity contribution in [3.63, 3.8) is 0 Å². The molecule has 0 saturated carbocycles. The van der Waals surface area contributed by atoms with E-state index in [1.165, 1.54) is 11.1 Å². The minimum Gasteiger partial charge on any atom is -0.113 e. The number of halogens is 4. The first-order valence-electron chi connectivity index (χ1n) is 5.75. The van der Waals surface area contributed by atoms with E-state index in [1.54, 1.807) is 0 Å². The Bertz CT molecular complexity index is 603. The summed E-state index contributed by atoms with van der Waals surface area (Å²) in [5.74, 6) is 0. The molecule has 0 bridgehead atoms. The van der Waals surface area contributed by atoms with Gasteiger partial charge < -0.3 is 0 Å². The summed E-state index contributed by atoms with van der Waals surface area (Å²) in [4.78, 5) is 0. The van der Waals surface area contributed by atoms with E-state index in [-0.39, 0.29) is 5.38 Å². The molecule has 0 aromatic heterocycles. The van der Waals surface area contributed by atoms with Crippen LogP contribution in [0.2, 0.25) is 0 Å². The van der Waals surface area contributed by atoms with Crippen molar-refractivity contribution in [3.05, 3.63) is 66.0 Å². The van der Waals surface area contributed by atoms with E-state index in [4.69, 9.17) is 11.6 Å². The monoisotopic (exact) mass is 464 g/mol. The molecule has 4 heteroatoms. The van der Waals surface area contributed by atoms with Gasteiger partial charge in [-0.25, -0.2) is 0 Å². The summed E-state index contributed by atoms with van der Waals surface area (Å²) in [7, 11) is 0. The van der Waals surface area contributed by atoms with Crippen molar-refractivity contribution in [2.45, 2.75) is 19.2 Å². The van der Waals surface area contributed by atoms with Gasteiger partial charge in [-0.3, -0.25) is 0 Å². The summed E-state index contributed by atoms with van der Waals surface area (Å²) in [5, 5.41) is -0.178. The molecule has 0 amide bonds. The highest BCUT2D eigenvalue weighted by Gasteiger charge is 2.16. The van der Waals surface area contributed by atoms with Gasteiger partial charge in [0.05, 0.1) is 5.38 Å². The minimum atomic E-state index is -0.178. The molecule has 2 rings (SSSR count). The van der Waals surface area contributed by atoms with Gasteiger partial charge in [0.25, 0.3) is 0 Å². The average Bonchev–Trinajstić information content (AvgIpc) is 2.31. The van der Waals surface area contributed by atoms with E-state index in [0.717, 1.165) is 24.5 Å². The lowest BCUT2D eigenvalue weighted by atomic mass is 10.0. The molecule has 0 nitrogen and oxygen atoms in total. The molecule has 0 N–H and O–H groups in total. The Labute approximate surface area is 143 Å². The summed E-state index contributed by atoms with van der Waals surface area (Å²) in [6.45, 7) is 4.13. The Morgan fingerprint density at radius 1 is 0.895 bits per heavy atom. The van der Waals surface area contributed by atoms with Crippen LogP contribution in [-0.2, 0) is 0 Å². The molecule has 0 saturated heterocycles. The number of hydrogen-bond acceptors (Lipinski definition) is 0. The molecule has 2 aromatic carbocycles. The predicted molar refractivity (Wildman–Crippen MR) is 93.2 cm³/mol. The quantitative estimate of drug-likeness (QED) is 0.421. The van der Waals surface area contributed by atoms with Crippen LogP contribution in [0.4, 0.5) is 0 Å². The summed E-state index contributed by atoms with van der Waals surface area (Å²) in [6.07, 6.45) is 0. The van der Waals surface area contributed by atoms with Crippen molar-refractivity contribution < 1.29 is 0 Å². The molecule has 100 valence electrons. The summed E-state index contributed by atoms with van der Waals surface area (Å²) >= 11 is 17.3. The topological polar surface area (TPSA) is 0 Å². The maximum absolute atomic E-state index is 6.63. The van der Waals surface area contributed by atoms with Crippen LogP contribution < -0.4 is 0 Å². The van der Waals surface area contributed by atoms with Gasteiger partial charge in [-0.1, -0.05) is 53.9 Å². The van der Waals surface area contributed by atoms with Crippen LogP contribution in [0.25, 0.3) is 0 Å². The SMILES string of the molecule is Cc1cc(Br)cc(C(Cl)c2cc(Br)c(C)cc2Br)c1. The molecule has 1 atom stereocenters. The van der Waals surface area contributed by atoms with Crippen LogP contribution in [0.1, 0.15) is 27.6 Å². The summed E-state index contributed by atoms with van der Waals surface area (Å²) < 4.78 is 3.16. The van der Waals surface area contributed by atoms with Crippen LogP contribution in [0.3, 0.4) is 0 Å². The van der Waals surface area contributed by atoms with E-state index in [9.17, 15) is 0 Å². The van der Waals surface area contributed by atoms with Gasteiger partial charge in [-0.15, -0.1) is 11.6 Å². The maximum Gasteiger partial charge on any atom is 0.0847 e. The van der Waals surface area contributed by atoms with Crippen LogP contribution >= 0.6 is 59.4 Å². The van der Waals surface area contributed by atoms with Gasteiger partial charge in [0.2, 0.25) is 0 Å². The Morgan fingerprint density at radius 2 is 1.58 bits per heavy atom. The van der Waals surface area contributed by atoms with E-state index in [0.29, 0.717) is 0 Å². The van der Waals surface area contributed by atoms with Crippen molar-refractivity contribution in [2.24, 2.45) is 0 Å². The average molecular weight is 467 g/mol. The first kappa shape index (κ1) is 15.6. The number of benzene rings is 2. The highest BCUT2D eigenvalue weighted by Crippen LogP contribution is 2.37. The van der Waals surface area contributed by atoms with Crippen LogP contribution in [0.5, 0.6) is 0 Å². The molecule has 2 aromatic rings. The number of aryl methyl sites for hydroxylation is 2. The molecule has 0 spiro atoms. The van der Waals surface area contributed by atoms with E-state index in [1.807, 2.05) is 0 Å². The summed E-state index contributed by atoms with van der Waals surface area (Å²) in [5.41, 5.74) is 4.53. The smallest absolute Gasteiger partial charge is 0.0847 e. The lowest BCUT2D eigenvalue weighted by molar-refractivity contribution is 1.11. The molecule has 0 radical (unpaired) electrons. The predicted octanol–water partition coefficient (Wildman–Crippen LogP) is 6.92. The molecule has 0 fully saturated rings. The zero-order valence-corrected chi connectivity index (χ0v) is 16.0. The largest absolute Gasteiger partial charge is 0.113 e. The fourth-order valence-electron chi connectivity index (χ4n) is 1.95. The third-order valence-corrected chi connectivity index (χ3v) is 5.39. The van der Waals surface area contributed by atoms with E-state index in [2.05, 4.69) is 92.0 Å². The molecule has 19 heavy (non-hydrogen) atoms. The van der Waals surface area contributed by atoms with Crippen molar-refractivity contribution in [1.29, 1.82) is 0 Å². The standard InChI is InChI=1S/C15H12Br3Cl/c1-8-3-10(6-11(16)4-8)15(19)12-7-13(17)9(2)5-14(12)18/h3-7,15H,1-2H3. The third kappa shape index (κ3) is 3.63. The van der Waals surface area contributed by atoms with Crippen LogP contribution in [0, 0.1) is 13.8 Å². The van der Waals surface area contributed by atoms with Crippen molar-refractivity contribution in [2.75, 3.05) is 0 Å². The van der Waals surface area contributed by atoms with Gasteiger partial charge in [0.1, 0.15) is 0 Å². The molecule has 0 aliphatic carbocycles. The first-order chi connectivity index (χ1) is 8.88. The second-order valence-electron chi connectivity index (χ2n) is 4.55. The molecule has 1 unspecified atom stereocenters. The zero-order chi connectivity index (χ0) is 14.2. The zero-order valence-electron chi connectivity index (χ0n) is 10.5. The number of rotatable bonds is 2. The van der Waals surface area contributed by atoms with E-state index >= 15 is 0 Å². The molecule has 0 aliphatic rings. The van der Waals surface area contributed by atoms with Crippen LogP contribution in [-0.4, -0.2) is 0 Å². The van der Waals surface area contributed by atoms with E-state index < -0.39 is 0 Å². The lowest BCUT2D eigenvalue weighted by Gasteiger charge is -2.15. The van der Waals surface area contributed by atoms with Gasteiger partial charge in [-0.05, 0) is 60.4 Å². The first-order valence-corrected chi connectivity index (χ1v) is 8.56. The fourth-order valence-corrected chi connectivity index (χ4v) is 4.06. The van der Waals surface area contributed by atoms with Gasteiger partial charge in [0, 0.05) is 13.4 Å². The van der Waals surface area contributed by atoms with Crippen LogP contribution in [0.15, 0.2) is 43.7 Å². The Hall–Kier alpha value is 0.170. The summed E-state index contributed by atoms with van der Waals surface area (Å²) in [6, 6.07) is 10.4.